The van der Waals surface area contributed by atoms with Crippen LogP contribution in [0.3, 0.4) is 0 Å². The smallest absolute Gasteiger partial charge is 0.228 e. The lowest BCUT2D eigenvalue weighted by Crippen LogP contribution is -2.47. The van der Waals surface area contributed by atoms with Crippen molar-refractivity contribution in [2.75, 3.05) is 13.1 Å². The van der Waals surface area contributed by atoms with Crippen molar-refractivity contribution in [3.8, 4) is 10.4 Å². The van der Waals surface area contributed by atoms with Crippen LogP contribution in [0.25, 0.3) is 10.4 Å². The monoisotopic (exact) mass is 447 g/mol. The van der Waals surface area contributed by atoms with E-state index >= 15 is 0 Å². The highest BCUT2D eigenvalue weighted by Crippen LogP contribution is 2.38. The van der Waals surface area contributed by atoms with E-state index in [1.165, 1.54) is 10.4 Å². The van der Waals surface area contributed by atoms with E-state index in [0.717, 1.165) is 11.1 Å². The largest absolute Gasteiger partial charge is 0.353 e. The predicted octanol–water partition coefficient (Wildman–Crippen LogP) is 4.34. The Morgan fingerprint density at radius 3 is 2.72 bits per heavy atom. The molecule has 4 rings (SSSR count). The molecule has 1 fully saturated rings. The van der Waals surface area contributed by atoms with Crippen molar-refractivity contribution in [1.82, 2.24) is 15.2 Å². The van der Waals surface area contributed by atoms with Gasteiger partial charge in [0, 0.05) is 36.4 Å². The van der Waals surface area contributed by atoms with Gasteiger partial charge in [-0.1, -0.05) is 36.4 Å². The molecule has 1 aromatic carbocycles. The molecular formula is C26H29N3O2S. The summed E-state index contributed by atoms with van der Waals surface area (Å²) in [5, 5.41) is 5.20. The van der Waals surface area contributed by atoms with Gasteiger partial charge in [0.15, 0.2) is 0 Å². The van der Waals surface area contributed by atoms with Crippen LogP contribution in [-0.4, -0.2) is 40.8 Å². The Morgan fingerprint density at radius 2 is 2.00 bits per heavy atom. The van der Waals surface area contributed by atoms with Gasteiger partial charge in [-0.25, -0.2) is 0 Å². The molecule has 0 bridgehead atoms. The minimum Gasteiger partial charge on any atom is -0.353 e. The van der Waals surface area contributed by atoms with Crippen molar-refractivity contribution < 1.29 is 9.59 Å². The number of hydrogen-bond acceptors (Lipinski definition) is 4. The van der Waals surface area contributed by atoms with Crippen LogP contribution in [0.5, 0.6) is 0 Å². The topological polar surface area (TPSA) is 62.3 Å². The molecule has 0 saturated carbocycles. The fourth-order valence-corrected chi connectivity index (χ4v) is 5.20. The summed E-state index contributed by atoms with van der Waals surface area (Å²) in [7, 11) is 0. The fourth-order valence-electron chi connectivity index (χ4n) is 4.41. The van der Waals surface area contributed by atoms with Crippen LogP contribution >= 0.6 is 11.3 Å². The molecule has 3 heterocycles. The normalized spacial score (nSPS) is 18.2. The third-order valence-electron chi connectivity index (χ3n) is 6.02. The fraction of sp³-hybridized carbons (Fsp3) is 0.346. The number of hydrogen-bond donors (Lipinski definition) is 1. The van der Waals surface area contributed by atoms with Gasteiger partial charge in [0.25, 0.3) is 0 Å². The van der Waals surface area contributed by atoms with E-state index < -0.39 is 5.41 Å². The maximum atomic E-state index is 13.4. The number of carbonyl (C=O) groups is 2. The summed E-state index contributed by atoms with van der Waals surface area (Å²) in [4.78, 5) is 33.6. The van der Waals surface area contributed by atoms with Crippen molar-refractivity contribution in [1.29, 1.82) is 0 Å². The summed E-state index contributed by atoms with van der Waals surface area (Å²) < 4.78 is 0. The van der Waals surface area contributed by atoms with Crippen LogP contribution in [0.4, 0.5) is 0 Å². The molecule has 2 amide bonds. The maximum absolute atomic E-state index is 13.4. The molecule has 5 nitrogen and oxygen atoms in total. The lowest BCUT2D eigenvalue weighted by Gasteiger charge is -2.30. The highest BCUT2D eigenvalue weighted by atomic mass is 32.1. The zero-order valence-corrected chi connectivity index (χ0v) is 19.4. The number of likely N-dealkylation sites (tertiary alicyclic amines) is 1. The molecule has 1 aliphatic heterocycles. The molecule has 1 saturated heterocycles. The van der Waals surface area contributed by atoms with Gasteiger partial charge >= 0.3 is 0 Å². The number of amides is 2. The van der Waals surface area contributed by atoms with E-state index in [2.05, 4.69) is 33.9 Å². The Bertz CT molecular complexity index is 1070. The standard InChI is InChI=1S/C26H29N3O2S/c1-19(2)28-25(31)26(16-21-8-3-4-9-22(21)23-10-6-14-32-23)11-13-29(18-26)24(30)15-20-7-5-12-27-17-20/h3-10,12,14,17,19H,11,13,15-16,18H2,1-2H3,(H,28,31)/t26-/m1/s1. The first-order valence-electron chi connectivity index (χ1n) is 11.1. The van der Waals surface area contributed by atoms with E-state index in [4.69, 9.17) is 0 Å². The first-order valence-corrected chi connectivity index (χ1v) is 11.9. The van der Waals surface area contributed by atoms with Crippen molar-refractivity contribution in [3.05, 3.63) is 77.4 Å². The van der Waals surface area contributed by atoms with Crippen molar-refractivity contribution in [2.24, 2.45) is 5.41 Å². The molecule has 0 spiro atoms. The molecule has 2 aromatic heterocycles. The molecule has 166 valence electrons. The van der Waals surface area contributed by atoms with E-state index in [9.17, 15) is 9.59 Å². The number of pyridine rings is 1. The average molecular weight is 448 g/mol. The number of nitrogens with one attached hydrogen (secondary N) is 1. The SMILES string of the molecule is CC(C)NC(=O)[C@@]1(Cc2ccccc2-c2cccs2)CCN(C(=O)Cc2cccnc2)C1. The van der Waals surface area contributed by atoms with Gasteiger partial charge in [-0.05, 0) is 60.9 Å². The Kier molecular flexibility index (Phi) is 6.70. The van der Waals surface area contributed by atoms with Crippen molar-refractivity contribution in [2.45, 2.75) is 39.2 Å². The van der Waals surface area contributed by atoms with E-state index in [1.807, 2.05) is 49.1 Å². The van der Waals surface area contributed by atoms with E-state index in [1.54, 1.807) is 23.7 Å². The molecule has 1 aliphatic rings. The number of thiophene rings is 1. The van der Waals surface area contributed by atoms with Gasteiger partial charge in [0.2, 0.25) is 11.8 Å². The third-order valence-corrected chi connectivity index (χ3v) is 6.92. The van der Waals surface area contributed by atoms with Gasteiger partial charge < -0.3 is 10.2 Å². The first-order chi connectivity index (χ1) is 15.5. The van der Waals surface area contributed by atoms with Crippen molar-refractivity contribution in [3.63, 3.8) is 0 Å². The Morgan fingerprint density at radius 1 is 1.16 bits per heavy atom. The summed E-state index contributed by atoms with van der Waals surface area (Å²) in [5.41, 5.74) is 2.57. The lowest BCUT2D eigenvalue weighted by atomic mass is 9.78. The van der Waals surface area contributed by atoms with Crippen LogP contribution in [-0.2, 0) is 22.4 Å². The van der Waals surface area contributed by atoms with E-state index in [-0.39, 0.29) is 17.9 Å². The van der Waals surface area contributed by atoms with Gasteiger partial charge in [0.05, 0.1) is 11.8 Å². The van der Waals surface area contributed by atoms with Gasteiger partial charge in [-0.15, -0.1) is 11.3 Å². The molecule has 6 heteroatoms. The molecular weight excluding hydrogens is 418 g/mol. The molecule has 32 heavy (non-hydrogen) atoms. The second-order valence-electron chi connectivity index (χ2n) is 8.82. The number of rotatable bonds is 7. The summed E-state index contributed by atoms with van der Waals surface area (Å²) in [6.07, 6.45) is 5.00. The quantitative estimate of drug-likeness (QED) is 0.586. The van der Waals surface area contributed by atoms with Crippen LogP contribution in [0.1, 0.15) is 31.4 Å². The van der Waals surface area contributed by atoms with Gasteiger partial charge in [-0.2, -0.15) is 0 Å². The second-order valence-corrected chi connectivity index (χ2v) is 9.77. The van der Waals surface area contributed by atoms with Crippen LogP contribution in [0.15, 0.2) is 66.3 Å². The second kappa shape index (κ2) is 9.65. The summed E-state index contributed by atoms with van der Waals surface area (Å²) in [6.45, 7) is 4.98. The zero-order chi connectivity index (χ0) is 22.6. The number of aromatic nitrogens is 1. The minimum absolute atomic E-state index is 0.0326. The maximum Gasteiger partial charge on any atom is 0.228 e. The van der Waals surface area contributed by atoms with Crippen LogP contribution in [0.2, 0.25) is 0 Å². The van der Waals surface area contributed by atoms with Crippen molar-refractivity contribution >= 4 is 23.2 Å². The highest BCUT2D eigenvalue weighted by Gasteiger charge is 2.46. The first kappa shape index (κ1) is 22.2. The van der Waals surface area contributed by atoms with Crippen LogP contribution < -0.4 is 5.32 Å². The Hall–Kier alpha value is -2.99. The number of nitrogens with zero attached hydrogens (tertiary/aromatic N) is 2. The number of carbonyl (C=O) groups excluding carboxylic acids is 2. The molecule has 1 N–H and O–H groups in total. The predicted molar refractivity (Wildman–Crippen MR) is 128 cm³/mol. The average Bonchev–Trinajstić information content (AvgIpc) is 3.46. The van der Waals surface area contributed by atoms with E-state index in [0.29, 0.717) is 32.4 Å². The molecule has 0 unspecified atom stereocenters. The van der Waals surface area contributed by atoms with Crippen LogP contribution in [0, 0.1) is 5.41 Å². The molecule has 0 radical (unpaired) electrons. The Labute approximate surface area is 193 Å². The molecule has 1 atom stereocenters. The van der Waals surface area contributed by atoms with Gasteiger partial charge in [0.1, 0.15) is 0 Å². The Balaban J connectivity index is 1.59. The number of benzene rings is 1. The summed E-state index contributed by atoms with van der Waals surface area (Å²) >= 11 is 1.70. The minimum atomic E-state index is -0.637. The third kappa shape index (κ3) is 4.91. The lowest BCUT2D eigenvalue weighted by molar-refractivity contribution is -0.133. The molecule has 3 aromatic rings. The van der Waals surface area contributed by atoms with Gasteiger partial charge in [-0.3, -0.25) is 14.6 Å². The zero-order valence-electron chi connectivity index (χ0n) is 18.6. The highest BCUT2D eigenvalue weighted by molar-refractivity contribution is 7.13. The summed E-state index contributed by atoms with van der Waals surface area (Å²) in [6, 6.07) is 16.3. The molecule has 0 aliphatic carbocycles. The summed E-state index contributed by atoms with van der Waals surface area (Å²) in [5.74, 6) is 0.0777.